The van der Waals surface area contributed by atoms with Crippen LogP contribution in [-0.2, 0) is 14.6 Å². The van der Waals surface area contributed by atoms with E-state index in [1.807, 2.05) is 56.0 Å². The van der Waals surface area contributed by atoms with Gasteiger partial charge in [-0.2, -0.15) is 0 Å². The second-order valence-electron chi connectivity index (χ2n) is 12.7. The zero-order valence-corrected chi connectivity index (χ0v) is 26.0. The smallest absolute Gasteiger partial charge is 0.416 e. The van der Waals surface area contributed by atoms with Gasteiger partial charge >= 0.3 is 6.09 Å². The van der Waals surface area contributed by atoms with Crippen LogP contribution in [0.15, 0.2) is 59.6 Å². The number of amides is 1. The maximum atomic E-state index is 13.9. The maximum Gasteiger partial charge on any atom is 0.416 e. The number of carbonyl (C=O) groups is 1. The van der Waals surface area contributed by atoms with E-state index in [4.69, 9.17) is 9.16 Å². The maximum absolute atomic E-state index is 13.9. The highest BCUT2D eigenvalue weighted by Crippen LogP contribution is 2.60. The van der Waals surface area contributed by atoms with E-state index in [0.29, 0.717) is 6.61 Å². The number of rotatable bonds is 5. The molecule has 0 bridgehead atoms. The minimum absolute atomic E-state index is 0.0390. The van der Waals surface area contributed by atoms with Crippen molar-refractivity contribution in [3.8, 4) is 0 Å². The highest BCUT2D eigenvalue weighted by Gasteiger charge is 2.60. The van der Waals surface area contributed by atoms with E-state index in [2.05, 4.69) is 79.9 Å². The quantitative estimate of drug-likeness (QED) is 0.282. The van der Waals surface area contributed by atoms with Crippen LogP contribution in [-0.4, -0.2) is 32.8 Å². The van der Waals surface area contributed by atoms with Gasteiger partial charge in [-0.1, -0.05) is 67.0 Å². The number of anilines is 2. The predicted molar refractivity (Wildman–Crippen MR) is 159 cm³/mol. The van der Waals surface area contributed by atoms with Crippen LogP contribution < -0.4 is 10.2 Å². The van der Waals surface area contributed by atoms with E-state index >= 15 is 0 Å². The fourth-order valence-corrected chi connectivity index (χ4v) is 7.28. The first-order valence-corrected chi connectivity index (χ1v) is 16.8. The molecular formula is C30H41BrN2O3Si. The Balaban J connectivity index is 1.90. The Morgan fingerprint density at radius 1 is 1.14 bits per heavy atom. The Morgan fingerprint density at radius 2 is 1.81 bits per heavy atom. The number of hydrogen-bond donors (Lipinski definition) is 1. The molecule has 4 rings (SSSR count). The van der Waals surface area contributed by atoms with E-state index in [1.54, 1.807) is 0 Å². The molecule has 3 atom stereocenters. The number of fused-ring (bicyclic) bond motifs is 4. The second-order valence-corrected chi connectivity index (χ2v) is 18.4. The van der Waals surface area contributed by atoms with Crippen LogP contribution in [0.3, 0.4) is 0 Å². The summed E-state index contributed by atoms with van der Waals surface area (Å²) in [5, 5.41) is 3.83. The van der Waals surface area contributed by atoms with Gasteiger partial charge in [0.1, 0.15) is 11.8 Å². The molecule has 1 N–H and O–H groups in total. The fraction of sp³-hybridized carbons (Fsp3) is 0.500. The van der Waals surface area contributed by atoms with Crippen molar-refractivity contribution in [3.05, 3.63) is 70.7 Å². The van der Waals surface area contributed by atoms with Gasteiger partial charge in [0.25, 0.3) is 0 Å². The molecule has 0 aromatic heterocycles. The number of para-hydroxylation sites is 1. The Morgan fingerprint density at radius 3 is 2.43 bits per heavy atom. The summed E-state index contributed by atoms with van der Waals surface area (Å²) in [5.41, 5.74) is 2.96. The van der Waals surface area contributed by atoms with Gasteiger partial charge in [0.05, 0.1) is 11.1 Å². The molecule has 2 aromatic carbocycles. The van der Waals surface area contributed by atoms with Crippen LogP contribution in [0, 0.1) is 0 Å². The third-order valence-electron chi connectivity index (χ3n) is 8.21. The first-order chi connectivity index (χ1) is 17.1. The molecule has 37 heavy (non-hydrogen) atoms. The Bertz CT molecular complexity index is 1200. The third-order valence-corrected chi connectivity index (χ3v) is 13.4. The van der Waals surface area contributed by atoms with Gasteiger partial charge in [0.15, 0.2) is 8.32 Å². The Hall–Kier alpha value is -2.09. The van der Waals surface area contributed by atoms with Gasteiger partial charge in [-0.05, 0) is 69.1 Å². The minimum Gasteiger partial charge on any atom is -0.443 e. The lowest BCUT2D eigenvalue weighted by molar-refractivity contribution is 0.0539. The van der Waals surface area contributed by atoms with Crippen LogP contribution in [0.4, 0.5) is 16.2 Å². The molecule has 2 heterocycles. The predicted octanol–water partition coefficient (Wildman–Crippen LogP) is 8.58. The normalized spacial score (nSPS) is 23.0. The minimum atomic E-state index is -1.98. The number of nitrogens with zero attached hydrogens (tertiary/aromatic N) is 1. The summed E-state index contributed by atoms with van der Waals surface area (Å²) in [4.78, 5) is 15.7. The van der Waals surface area contributed by atoms with Crippen molar-refractivity contribution >= 4 is 41.7 Å². The molecule has 0 aliphatic carbocycles. The standard InChI is InChI=1S/C30H41BrN2O3Si/c1-10-21-20-14-11-12-17-24(20)33(27(34)36-28(2,3)4)26-30(21,18-19-35-37(8,9)29(5,6)7)25-22(31)15-13-16-23(25)32-26/h10-17,21,26,32H,1,18-19H2,2-9H3/t21-,26-,30-/m0/s1. The SMILES string of the molecule is C=C[C@H]1c2ccccc2N(C(=O)OC(C)(C)C)[C@@H]2Nc3cccc(Br)c3[C@]12CCO[Si](C)(C)C(C)(C)C. The van der Waals surface area contributed by atoms with Crippen molar-refractivity contribution in [2.75, 3.05) is 16.8 Å². The van der Waals surface area contributed by atoms with Gasteiger partial charge in [-0.25, -0.2) is 4.79 Å². The number of carbonyl (C=O) groups excluding carboxylic acids is 1. The van der Waals surface area contributed by atoms with E-state index < -0.39 is 19.3 Å². The summed E-state index contributed by atoms with van der Waals surface area (Å²) in [6.07, 6.45) is 2.04. The van der Waals surface area contributed by atoms with E-state index in [9.17, 15) is 4.79 Å². The number of halogens is 1. The average Bonchev–Trinajstić information content (AvgIpc) is 3.10. The van der Waals surface area contributed by atoms with Gasteiger partial charge in [0.2, 0.25) is 0 Å². The largest absolute Gasteiger partial charge is 0.443 e. The van der Waals surface area contributed by atoms with Crippen molar-refractivity contribution in [1.82, 2.24) is 0 Å². The monoisotopic (exact) mass is 584 g/mol. The lowest BCUT2D eigenvalue weighted by Gasteiger charge is -2.51. The highest BCUT2D eigenvalue weighted by molar-refractivity contribution is 9.10. The molecule has 2 aliphatic rings. The van der Waals surface area contributed by atoms with E-state index in [-0.39, 0.29) is 23.2 Å². The molecule has 0 radical (unpaired) electrons. The molecule has 0 saturated carbocycles. The molecule has 7 heteroatoms. The number of nitrogens with one attached hydrogen (secondary N) is 1. The van der Waals surface area contributed by atoms with Crippen molar-refractivity contribution in [3.63, 3.8) is 0 Å². The number of allylic oxidation sites excluding steroid dienone is 1. The number of benzene rings is 2. The third kappa shape index (κ3) is 4.79. The van der Waals surface area contributed by atoms with Crippen molar-refractivity contribution in [2.24, 2.45) is 0 Å². The zero-order chi connectivity index (χ0) is 27.4. The van der Waals surface area contributed by atoms with E-state index in [1.165, 1.54) is 0 Å². The summed E-state index contributed by atoms with van der Waals surface area (Å²) in [6, 6.07) is 14.3. The molecule has 0 spiro atoms. The molecule has 2 aromatic rings. The topological polar surface area (TPSA) is 50.8 Å². The summed E-state index contributed by atoms with van der Waals surface area (Å²) in [5.74, 6) is -0.0390. The molecule has 0 fully saturated rings. The van der Waals surface area contributed by atoms with Gasteiger partial charge in [-0.3, -0.25) is 4.90 Å². The second kappa shape index (κ2) is 9.58. The highest BCUT2D eigenvalue weighted by atomic mass is 79.9. The van der Waals surface area contributed by atoms with Gasteiger partial charge < -0.3 is 14.5 Å². The van der Waals surface area contributed by atoms with Crippen LogP contribution in [0.5, 0.6) is 0 Å². The molecule has 5 nitrogen and oxygen atoms in total. The van der Waals surface area contributed by atoms with Crippen LogP contribution in [0.25, 0.3) is 0 Å². The fourth-order valence-electron chi connectivity index (χ4n) is 5.50. The lowest BCUT2D eigenvalue weighted by Crippen LogP contribution is -2.60. The molecule has 200 valence electrons. The summed E-state index contributed by atoms with van der Waals surface area (Å²) in [7, 11) is -1.98. The first kappa shape index (κ1) is 27.9. The molecule has 0 unspecified atom stereocenters. The van der Waals surface area contributed by atoms with Gasteiger partial charge in [-0.15, -0.1) is 6.58 Å². The van der Waals surface area contributed by atoms with Crippen LogP contribution in [0.1, 0.15) is 65.0 Å². The Kier molecular flexibility index (Phi) is 7.23. The molecule has 2 aliphatic heterocycles. The Labute approximate surface area is 231 Å². The molecular weight excluding hydrogens is 544 g/mol. The van der Waals surface area contributed by atoms with Crippen molar-refractivity contribution in [1.29, 1.82) is 0 Å². The van der Waals surface area contributed by atoms with Crippen LogP contribution >= 0.6 is 15.9 Å². The van der Waals surface area contributed by atoms with E-state index in [0.717, 1.165) is 33.4 Å². The lowest BCUT2D eigenvalue weighted by atomic mass is 9.62. The zero-order valence-electron chi connectivity index (χ0n) is 23.4. The first-order valence-electron chi connectivity index (χ1n) is 13.1. The van der Waals surface area contributed by atoms with Crippen LogP contribution in [0.2, 0.25) is 18.1 Å². The summed E-state index contributed by atoms with van der Waals surface area (Å²) in [6.45, 7) is 22.0. The molecule has 1 amide bonds. The summed E-state index contributed by atoms with van der Waals surface area (Å²) < 4.78 is 13.7. The van der Waals surface area contributed by atoms with Crippen molar-refractivity contribution < 1.29 is 14.0 Å². The number of ether oxygens (including phenoxy) is 1. The number of hydrogen-bond acceptors (Lipinski definition) is 4. The molecule has 0 saturated heterocycles. The van der Waals surface area contributed by atoms with Crippen molar-refractivity contribution in [2.45, 2.75) is 89.2 Å². The summed E-state index contributed by atoms with van der Waals surface area (Å²) >= 11 is 3.87. The van der Waals surface area contributed by atoms with Gasteiger partial charge in [0, 0.05) is 28.2 Å². The average molecular weight is 586 g/mol.